The fraction of sp³-hybridized carbons (Fsp3) is 0.959. The lowest BCUT2D eigenvalue weighted by Crippen LogP contribution is -2.41. The fourth-order valence-electron chi connectivity index (χ4n) is 8.02. The number of unbranched alkanes of at least 4 members (excludes halogenated alkanes) is 23. The zero-order chi connectivity index (χ0) is 39.9. The largest absolute Gasteiger partial charge is 0.462 e. The summed E-state index contributed by atoms with van der Waals surface area (Å²) in [5.74, 6) is 0.722. The van der Waals surface area contributed by atoms with Gasteiger partial charge in [0.15, 0.2) is 0 Å². The maximum Gasteiger partial charge on any atom is 0.306 e. The van der Waals surface area contributed by atoms with Gasteiger partial charge in [-0.15, -0.1) is 0 Å². The molecule has 0 aromatic rings. The number of rotatable bonds is 43. The number of nitrogens with one attached hydrogen (secondary N) is 1. The molecule has 1 aliphatic rings. The van der Waals surface area contributed by atoms with Gasteiger partial charge in [0, 0.05) is 31.3 Å². The van der Waals surface area contributed by atoms with Crippen LogP contribution in [0.25, 0.3) is 0 Å². The highest BCUT2D eigenvalue weighted by Crippen LogP contribution is 2.20. The van der Waals surface area contributed by atoms with Gasteiger partial charge in [-0.05, 0) is 70.6 Å². The maximum absolute atomic E-state index is 12.8. The van der Waals surface area contributed by atoms with Gasteiger partial charge in [-0.25, -0.2) is 0 Å². The van der Waals surface area contributed by atoms with Crippen molar-refractivity contribution >= 4 is 11.9 Å². The van der Waals surface area contributed by atoms with Crippen molar-refractivity contribution in [2.45, 2.75) is 277 Å². The zero-order valence-electron chi connectivity index (χ0n) is 37.4. The van der Waals surface area contributed by atoms with Crippen LogP contribution < -0.4 is 5.32 Å². The average Bonchev–Trinajstić information content (AvgIpc) is 3.16. The second kappa shape index (κ2) is 39.7. The van der Waals surface area contributed by atoms with Crippen LogP contribution in [0.1, 0.15) is 259 Å². The molecule has 0 radical (unpaired) electrons. The van der Waals surface area contributed by atoms with Gasteiger partial charge in [-0.2, -0.15) is 0 Å². The molecular formula is C49H95NO5. The molecule has 55 heavy (non-hydrogen) atoms. The van der Waals surface area contributed by atoms with E-state index in [1.165, 1.54) is 167 Å². The lowest BCUT2D eigenvalue weighted by atomic mass is 9.99. The van der Waals surface area contributed by atoms with Crippen LogP contribution in [0.3, 0.4) is 0 Å². The third-order valence-corrected chi connectivity index (χ3v) is 12.0. The predicted molar refractivity (Wildman–Crippen MR) is 235 cm³/mol. The summed E-state index contributed by atoms with van der Waals surface area (Å²) in [7, 11) is 0. The Balaban J connectivity index is 2.22. The fourth-order valence-corrected chi connectivity index (χ4v) is 8.02. The molecule has 0 aromatic heterocycles. The van der Waals surface area contributed by atoms with E-state index in [4.69, 9.17) is 14.2 Å². The van der Waals surface area contributed by atoms with Crippen LogP contribution in [0.15, 0.2) is 0 Å². The standard InChI is InChI=1S/C49H95NO5/c1-5-9-12-15-22-29-36-46(8-4)54-48(51)39-32-25-18-20-27-34-45(50-41-44-42-53-43-44)35-28-21-19-26-33-40-49(52)55-47(37-30-23-16-13-10-6-2)38-31-24-17-14-11-7-3/h44-47,50H,5-43H2,1-4H3. The first kappa shape index (κ1) is 51.9. The van der Waals surface area contributed by atoms with Crippen molar-refractivity contribution in [2.24, 2.45) is 5.92 Å². The van der Waals surface area contributed by atoms with E-state index in [1.807, 2.05) is 0 Å². The average molecular weight is 778 g/mol. The smallest absolute Gasteiger partial charge is 0.306 e. The van der Waals surface area contributed by atoms with Gasteiger partial charge in [0.05, 0.1) is 13.2 Å². The minimum absolute atomic E-state index is 0.00764. The van der Waals surface area contributed by atoms with Crippen LogP contribution in [-0.2, 0) is 23.8 Å². The first-order chi connectivity index (χ1) is 27.0. The first-order valence-electron chi connectivity index (χ1n) is 24.7. The molecule has 1 N–H and O–H groups in total. The number of esters is 2. The summed E-state index contributed by atoms with van der Waals surface area (Å²) in [5.41, 5.74) is 0. The van der Waals surface area contributed by atoms with Crippen molar-refractivity contribution in [1.82, 2.24) is 5.32 Å². The molecule has 1 rings (SSSR count). The highest BCUT2D eigenvalue weighted by Gasteiger charge is 2.20. The van der Waals surface area contributed by atoms with Crippen molar-refractivity contribution in [1.29, 1.82) is 0 Å². The summed E-state index contributed by atoms with van der Waals surface area (Å²) in [4.78, 5) is 25.2. The second-order valence-corrected chi connectivity index (χ2v) is 17.4. The van der Waals surface area contributed by atoms with Gasteiger partial charge in [0.25, 0.3) is 0 Å². The van der Waals surface area contributed by atoms with Crippen molar-refractivity contribution in [3.05, 3.63) is 0 Å². The Hall–Kier alpha value is -1.14. The van der Waals surface area contributed by atoms with E-state index in [1.54, 1.807) is 0 Å². The number of hydrogen-bond acceptors (Lipinski definition) is 6. The minimum atomic E-state index is 0.00764. The molecule has 326 valence electrons. The zero-order valence-corrected chi connectivity index (χ0v) is 37.4. The van der Waals surface area contributed by atoms with E-state index < -0.39 is 0 Å². The maximum atomic E-state index is 12.8. The molecular weight excluding hydrogens is 683 g/mol. The Morgan fingerprint density at radius 3 is 1.20 bits per heavy atom. The predicted octanol–water partition coefficient (Wildman–Crippen LogP) is 14.5. The Labute approximate surface area is 342 Å². The molecule has 0 amide bonds. The third kappa shape index (κ3) is 33.5. The number of hydrogen-bond donors (Lipinski definition) is 1. The van der Waals surface area contributed by atoms with E-state index in [9.17, 15) is 9.59 Å². The molecule has 0 saturated carbocycles. The Bertz CT molecular complexity index is 816. The Kier molecular flexibility index (Phi) is 37.4. The number of carbonyl (C=O) groups is 2. The van der Waals surface area contributed by atoms with E-state index in [0.717, 1.165) is 71.1 Å². The van der Waals surface area contributed by atoms with Gasteiger partial charge in [0.2, 0.25) is 0 Å². The molecule has 6 heteroatoms. The summed E-state index contributed by atoms with van der Waals surface area (Å²) in [6.07, 6.45) is 42.6. The highest BCUT2D eigenvalue weighted by atomic mass is 16.5. The summed E-state index contributed by atoms with van der Waals surface area (Å²) in [6, 6.07) is 0.582. The molecule has 0 aromatic carbocycles. The van der Waals surface area contributed by atoms with Crippen LogP contribution in [0.5, 0.6) is 0 Å². The summed E-state index contributed by atoms with van der Waals surface area (Å²) >= 11 is 0. The third-order valence-electron chi connectivity index (χ3n) is 12.0. The topological polar surface area (TPSA) is 73.9 Å². The summed E-state index contributed by atoms with van der Waals surface area (Å²) in [5, 5.41) is 3.88. The quantitative estimate of drug-likeness (QED) is 0.0491. The van der Waals surface area contributed by atoms with Crippen molar-refractivity contribution in [3.8, 4) is 0 Å². The lowest BCUT2D eigenvalue weighted by molar-refractivity contribution is -0.150. The van der Waals surface area contributed by atoms with Crippen LogP contribution in [-0.4, -0.2) is 49.9 Å². The first-order valence-corrected chi connectivity index (χ1v) is 24.7. The molecule has 0 bridgehead atoms. The van der Waals surface area contributed by atoms with Gasteiger partial charge < -0.3 is 19.5 Å². The van der Waals surface area contributed by atoms with Gasteiger partial charge in [0.1, 0.15) is 12.2 Å². The van der Waals surface area contributed by atoms with Crippen LogP contribution in [0, 0.1) is 5.92 Å². The highest BCUT2D eigenvalue weighted by molar-refractivity contribution is 5.69. The second-order valence-electron chi connectivity index (χ2n) is 17.4. The summed E-state index contributed by atoms with van der Waals surface area (Å²) < 4.78 is 17.3. The molecule has 1 saturated heterocycles. The van der Waals surface area contributed by atoms with Crippen LogP contribution >= 0.6 is 0 Å². The van der Waals surface area contributed by atoms with E-state index in [0.29, 0.717) is 24.8 Å². The Morgan fingerprint density at radius 1 is 0.473 bits per heavy atom. The molecule has 0 aliphatic carbocycles. The number of carbonyl (C=O) groups excluding carboxylic acids is 2. The summed E-state index contributed by atoms with van der Waals surface area (Å²) in [6.45, 7) is 11.8. The molecule has 1 aliphatic heterocycles. The Morgan fingerprint density at radius 2 is 0.818 bits per heavy atom. The molecule has 1 heterocycles. The molecule has 6 nitrogen and oxygen atoms in total. The molecule has 1 fully saturated rings. The number of ether oxygens (including phenoxy) is 3. The molecule has 2 unspecified atom stereocenters. The van der Waals surface area contributed by atoms with Gasteiger partial charge in [-0.3, -0.25) is 9.59 Å². The van der Waals surface area contributed by atoms with E-state index >= 15 is 0 Å². The lowest BCUT2D eigenvalue weighted by Gasteiger charge is -2.29. The molecule has 0 spiro atoms. The van der Waals surface area contributed by atoms with Gasteiger partial charge >= 0.3 is 11.9 Å². The molecule has 2 atom stereocenters. The minimum Gasteiger partial charge on any atom is -0.462 e. The SMILES string of the molecule is CCCCCCCCC(CC)OC(=O)CCCCCCCC(CCCCCCCC(=O)OC(CCCCCCCC)CCCCCCCC)NCC1COC1. The van der Waals surface area contributed by atoms with E-state index in [-0.39, 0.29) is 24.1 Å². The van der Waals surface area contributed by atoms with Crippen molar-refractivity contribution in [3.63, 3.8) is 0 Å². The normalized spacial score (nSPS) is 14.3. The van der Waals surface area contributed by atoms with Crippen molar-refractivity contribution < 1.29 is 23.8 Å². The monoisotopic (exact) mass is 778 g/mol. The van der Waals surface area contributed by atoms with Crippen LogP contribution in [0.4, 0.5) is 0 Å². The van der Waals surface area contributed by atoms with Crippen LogP contribution in [0.2, 0.25) is 0 Å². The van der Waals surface area contributed by atoms with E-state index in [2.05, 4.69) is 33.0 Å². The van der Waals surface area contributed by atoms with Crippen molar-refractivity contribution in [2.75, 3.05) is 19.8 Å². The van der Waals surface area contributed by atoms with Gasteiger partial charge in [-0.1, -0.05) is 175 Å².